The van der Waals surface area contributed by atoms with Crippen LogP contribution in [0.4, 0.5) is 0 Å². The first-order chi connectivity index (χ1) is 12.3. The van der Waals surface area contributed by atoms with E-state index in [4.69, 9.17) is 0 Å². The highest BCUT2D eigenvalue weighted by Crippen LogP contribution is 2.42. The molecule has 1 nitrogen and oxygen atoms in total. The summed E-state index contributed by atoms with van der Waals surface area (Å²) in [7, 11) is 0. The maximum Gasteiger partial charge on any atom is 0.152 e. The Morgan fingerprint density at radius 1 is 0.640 bits per heavy atom. The standard InChI is InChI=1S/C24H20O/c25-24-22(19-12-6-2-7-13-19)17-16-21(18-10-4-1-5-11-18)23(24)20-14-8-3-9-15-20/h1-16,22-23H,17H2. The fourth-order valence-corrected chi connectivity index (χ4v) is 3.72. The van der Waals surface area contributed by atoms with E-state index < -0.39 is 0 Å². The fourth-order valence-electron chi connectivity index (χ4n) is 3.72. The molecule has 0 amide bonds. The summed E-state index contributed by atoms with van der Waals surface area (Å²) in [5, 5.41) is 0. The van der Waals surface area contributed by atoms with Crippen molar-refractivity contribution in [3.63, 3.8) is 0 Å². The van der Waals surface area contributed by atoms with Gasteiger partial charge in [-0.1, -0.05) is 97.1 Å². The molecule has 0 saturated heterocycles. The van der Waals surface area contributed by atoms with Crippen molar-refractivity contribution < 1.29 is 4.79 Å². The van der Waals surface area contributed by atoms with E-state index in [9.17, 15) is 4.79 Å². The molecule has 0 aromatic heterocycles. The van der Waals surface area contributed by atoms with Gasteiger partial charge in [-0.2, -0.15) is 0 Å². The van der Waals surface area contributed by atoms with Gasteiger partial charge in [0.25, 0.3) is 0 Å². The third-order valence-corrected chi connectivity index (χ3v) is 4.95. The number of Topliss-reactive ketones (excluding diaryl/α,β-unsaturated/α-hetero) is 1. The van der Waals surface area contributed by atoms with Crippen molar-refractivity contribution in [2.24, 2.45) is 0 Å². The smallest absolute Gasteiger partial charge is 0.152 e. The third kappa shape index (κ3) is 3.06. The number of rotatable bonds is 3. The number of ketones is 1. The van der Waals surface area contributed by atoms with Gasteiger partial charge in [0.15, 0.2) is 5.78 Å². The van der Waals surface area contributed by atoms with Gasteiger partial charge in [-0.05, 0) is 28.7 Å². The van der Waals surface area contributed by atoms with Crippen LogP contribution in [-0.4, -0.2) is 5.78 Å². The van der Waals surface area contributed by atoms with E-state index in [1.165, 1.54) is 0 Å². The van der Waals surface area contributed by atoms with E-state index in [0.717, 1.165) is 28.7 Å². The number of benzene rings is 3. The topological polar surface area (TPSA) is 17.1 Å². The molecular weight excluding hydrogens is 304 g/mol. The van der Waals surface area contributed by atoms with Crippen molar-refractivity contribution in [3.05, 3.63) is 114 Å². The minimum atomic E-state index is -0.206. The molecule has 1 heteroatoms. The normalized spacial score (nSPS) is 20.2. The Morgan fingerprint density at radius 2 is 1.16 bits per heavy atom. The molecule has 1 aliphatic carbocycles. The summed E-state index contributed by atoms with van der Waals surface area (Å²) in [6.07, 6.45) is 3.02. The summed E-state index contributed by atoms with van der Waals surface area (Å²) in [4.78, 5) is 13.5. The molecule has 2 unspecified atom stereocenters. The van der Waals surface area contributed by atoms with Crippen LogP contribution in [0.15, 0.2) is 97.1 Å². The molecule has 4 rings (SSSR count). The molecule has 0 radical (unpaired) electrons. The monoisotopic (exact) mass is 324 g/mol. The van der Waals surface area contributed by atoms with Gasteiger partial charge in [0.2, 0.25) is 0 Å². The van der Waals surface area contributed by atoms with Gasteiger partial charge in [-0.3, -0.25) is 4.79 Å². The van der Waals surface area contributed by atoms with Gasteiger partial charge in [0.05, 0.1) is 5.92 Å². The highest BCUT2D eigenvalue weighted by atomic mass is 16.1. The zero-order valence-corrected chi connectivity index (χ0v) is 14.0. The highest BCUT2D eigenvalue weighted by Gasteiger charge is 2.35. The number of carbonyl (C=O) groups excluding carboxylic acids is 1. The lowest BCUT2D eigenvalue weighted by Gasteiger charge is -2.30. The molecule has 0 aliphatic heterocycles. The van der Waals surface area contributed by atoms with Gasteiger partial charge in [-0.15, -0.1) is 0 Å². The summed E-state index contributed by atoms with van der Waals surface area (Å²) in [5.74, 6) is 0.0141. The van der Waals surface area contributed by atoms with E-state index in [2.05, 4.69) is 42.5 Å². The highest BCUT2D eigenvalue weighted by molar-refractivity contribution is 6.04. The maximum absolute atomic E-state index is 13.5. The molecule has 122 valence electrons. The maximum atomic E-state index is 13.5. The zero-order chi connectivity index (χ0) is 17.1. The van der Waals surface area contributed by atoms with Gasteiger partial charge in [0, 0.05) is 5.92 Å². The van der Waals surface area contributed by atoms with Crippen LogP contribution in [0.5, 0.6) is 0 Å². The van der Waals surface area contributed by atoms with Crippen molar-refractivity contribution in [2.75, 3.05) is 0 Å². The van der Waals surface area contributed by atoms with Gasteiger partial charge >= 0.3 is 0 Å². The Hall–Kier alpha value is -2.93. The SMILES string of the molecule is O=C1C(c2ccccc2)CC=C(c2ccccc2)C1c1ccccc1. The Labute approximate surface area is 148 Å². The summed E-state index contributed by atoms with van der Waals surface area (Å²) < 4.78 is 0. The van der Waals surface area contributed by atoms with Crippen LogP contribution in [0, 0.1) is 0 Å². The third-order valence-electron chi connectivity index (χ3n) is 4.95. The molecular formula is C24H20O. The number of hydrogen-bond acceptors (Lipinski definition) is 1. The first kappa shape index (κ1) is 15.6. The quantitative estimate of drug-likeness (QED) is 0.612. The Morgan fingerprint density at radius 3 is 1.76 bits per heavy atom. The molecule has 0 fully saturated rings. The van der Waals surface area contributed by atoms with Crippen LogP contribution in [0.3, 0.4) is 0 Å². The molecule has 0 saturated carbocycles. The number of carbonyl (C=O) groups is 1. The molecule has 2 atom stereocenters. The largest absolute Gasteiger partial charge is 0.298 e. The molecule has 3 aromatic rings. The Kier molecular flexibility index (Phi) is 4.30. The Bertz CT molecular complexity index is 879. The lowest BCUT2D eigenvalue weighted by molar-refractivity contribution is -0.121. The van der Waals surface area contributed by atoms with Gasteiger partial charge in [0.1, 0.15) is 0 Å². The average molecular weight is 324 g/mol. The minimum absolute atomic E-state index is 0.0705. The second kappa shape index (κ2) is 6.90. The predicted octanol–water partition coefficient (Wildman–Crippen LogP) is 5.61. The van der Waals surface area contributed by atoms with Crippen LogP contribution in [-0.2, 0) is 4.79 Å². The first-order valence-corrected chi connectivity index (χ1v) is 8.73. The Balaban J connectivity index is 1.81. The van der Waals surface area contributed by atoms with Gasteiger partial charge in [-0.25, -0.2) is 0 Å². The second-order valence-corrected chi connectivity index (χ2v) is 6.47. The van der Waals surface area contributed by atoms with Crippen LogP contribution in [0.25, 0.3) is 5.57 Å². The zero-order valence-electron chi connectivity index (χ0n) is 14.0. The van der Waals surface area contributed by atoms with Crippen LogP contribution >= 0.6 is 0 Å². The van der Waals surface area contributed by atoms with Gasteiger partial charge < -0.3 is 0 Å². The van der Waals surface area contributed by atoms with Crippen molar-refractivity contribution >= 4 is 11.4 Å². The summed E-state index contributed by atoms with van der Waals surface area (Å²) in [6, 6.07) is 30.6. The lowest BCUT2D eigenvalue weighted by atomic mass is 9.72. The fraction of sp³-hybridized carbons (Fsp3) is 0.125. The molecule has 0 N–H and O–H groups in total. The van der Waals surface area contributed by atoms with Crippen molar-refractivity contribution in [3.8, 4) is 0 Å². The first-order valence-electron chi connectivity index (χ1n) is 8.73. The van der Waals surface area contributed by atoms with E-state index >= 15 is 0 Å². The summed E-state index contributed by atoms with van der Waals surface area (Å²) in [6.45, 7) is 0. The number of hydrogen-bond donors (Lipinski definition) is 0. The van der Waals surface area contributed by atoms with E-state index in [1.807, 2.05) is 54.6 Å². The molecule has 0 bridgehead atoms. The lowest BCUT2D eigenvalue weighted by Crippen LogP contribution is -2.25. The van der Waals surface area contributed by atoms with Crippen LogP contribution < -0.4 is 0 Å². The number of allylic oxidation sites excluding steroid dienone is 2. The molecule has 1 aliphatic rings. The second-order valence-electron chi connectivity index (χ2n) is 6.47. The van der Waals surface area contributed by atoms with Crippen molar-refractivity contribution in [2.45, 2.75) is 18.3 Å². The summed E-state index contributed by atoms with van der Waals surface area (Å²) in [5.41, 5.74) is 4.44. The van der Waals surface area contributed by atoms with Crippen LogP contribution in [0.2, 0.25) is 0 Å². The van der Waals surface area contributed by atoms with E-state index in [-0.39, 0.29) is 11.8 Å². The van der Waals surface area contributed by atoms with Crippen molar-refractivity contribution in [1.29, 1.82) is 0 Å². The molecule has 0 heterocycles. The van der Waals surface area contributed by atoms with Crippen molar-refractivity contribution in [1.82, 2.24) is 0 Å². The average Bonchev–Trinajstić information content (AvgIpc) is 2.70. The predicted molar refractivity (Wildman–Crippen MR) is 102 cm³/mol. The molecule has 25 heavy (non-hydrogen) atoms. The summed E-state index contributed by atoms with van der Waals surface area (Å²) >= 11 is 0. The molecule has 0 spiro atoms. The molecule has 3 aromatic carbocycles. The van der Waals surface area contributed by atoms with E-state index in [0.29, 0.717) is 5.78 Å². The van der Waals surface area contributed by atoms with Crippen LogP contribution in [0.1, 0.15) is 34.9 Å². The van der Waals surface area contributed by atoms with E-state index in [1.54, 1.807) is 0 Å². The minimum Gasteiger partial charge on any atom is -0.298 e.